The van der Waals surface area contributed by atoms with Crippen LogP contribution in [-0.2, 0) is 24.4 Å². The second-order valence-corrected chi connectivity index (χ2v) is 10.9. The van der Waals surface area contributed by atoms with Crippen molar-refractivity contribution in [2.45, 2.75) is 33.4 Å². The van der Waals surface area contributed by atoms with E-state index in [1.165, 1.54) is 0 Å². The summed E-state index contributed by atoms with van der Waals surface area (Å²) in [5, 5.41) is 10.9. The molecule has 0 unspecified atom stereocenters. The number of carboxylic acids is 1. The smallest absolute Gasteiger partial charge is 0.309 e. The van der Waals surface area contributed by atoms with Gasteiger partial charge in [-0.25, -0.2) is 9.97 Å². The topological polar surface area (TPSA) is 90.1 Å². The zero-order valence-electron chi connectivity index (χ0n) is 23.0. The molecule has 7 heteroatoms. The predicted molar refractivity (Wildman–Crippen MR) is 160 cm³/mol. The van der Waals surface area contributed by atoms with Gasteiger partial charge in [0.1, 0.15) is 18.2 Å². The Morgan fingerprint density at radius 3 is 2.49 bits per heavy atom. The van der Waals surface area contributed by atoms with Crippen molar-refractivity contribution in [2.24, 2.45) is 5.41 Å². The Hall–Kier alpha value is -5.04. The van der Waals surface area contributed by atoms with Crippen LogP contribution in [0.3, 0.4) is 0 Å². The Morgan fingerprint density at radius 1 is 0.878 bits per heavy atom. The lowest BCUT2D eigenvalue weighted by Gasteiger charge is -2.19. The summed E-state index contributed by atoms with van der Waals surface area (Å²) in [7, 11) is 0. The largest absolute Gasteiger partial charge is 0.487 e. The molecule has 0 amide bonds. The summed E-state index contributed by atoms with van der Waals surface area (Å²) in [5.74, 6) is 0.544. The van der Waals surface area contributed by atoms with Crippen molar-refractivity contribution in [1.29, 1.82) is 0 Å². The summed E-state index contributed by atoms with van der Waals surface area (Å²) in [6, 6.07) is 30.2. The minimum Gasteiger partial charge on any atom is -0.487 e. The highest BCUT2D eigenvalue weighted by Crippen LogP contribution is 2.29. The van der Waals surface area contributed by atoms with Gasteiger partial charge >= 0.3 is 5.97 Å². The standard InChI is InChI=1S/C34H30N4O3/c1-34(2,33(39)40)19-32-37-30-18-28(41-22-27-14-13-25-6-3-4-8-29(25)36-27)15-16-31(30)38(32)21-23-9-11-24(12-10-23)26-7-5-17-35-20-26/h3-18,20H,19,21-22H2,1-2H3,(H,39,40). The van der Waals surface area contributed by atoms with Crippen molar-refractivity contribution < 1.29 is 14.6 Å². The molecular weight excluding hydrogens is 512 g/mol. The maximum atomic E-state index is 12.0. The third kappa shape index (κ3) is 5.65. The van der Waals surface area contributed by atoms with E-state index in [2.05, 4.69) is 33.8 Å². The summed E-state index contributed by atoms with van der Waals surface area (Å²) in [5.41, 5.74) is 5.73. The number of pyridine rings is 2. The van der Waals surface area contributed by atoms with Crippen molar-refractivity contribution in [3.05, 3.63) is 120 Å². The molecule has 0 spiro atoms. The zero-order chi connectivity index (χ0) is 28.4. The van der Waals surface area contributed by atoms with Crippen LogP contribution in [-0.4, -0.2) is 30.6 Å². The monoisotopic (exact) mass is 542 g/mol. The summed E-state index contributed by atoms with van der Waals surface area (Å²) < 4.78 is 8.20. The van der Waals surface area contributed by atoms with Gasteiger partial charge in [0.05, 0.1) is 27.7 Å². The first-order valence-corrected chi connectivity index (χ1v) is 13.6. The molecule has 0 fully saturated rings. The molecule has 3 aromatic carbocycles. The molecule has 0 saturated carbocycles. The molecule has 1 N–H and O–H groups in total. The van der Waals surface area contributed by atoms with E-state index in [-0.39, 0.29) is 0 Å². The van der Waals surface area contributed by atoms with Crippen LogP contribution in [0.25, 0.3) is 33.1 Å². The number of ether oxygens (including phenoxy) is 1. The highest BCUT2D eigenvalue weighted by Gasteiger charge is 2.30. The number of para-hydroxylation sites is 1. The van der Waals surface area contributed by atoms with Crippen LogP contribution in [0.2, 0.25) is 0 Å². The molecular formula is C34H30N4O3. The molecule has 0 saturated heterocycles. The molecule has 6 rings (SSSR count). The minimum absolute atomic E-state index is 0.294. The average Bonchev–Trinajstić information content (AvgIpc) is 3.31. The van der Waals surface area contributed by atoms with Crippen LogP contribution in [0, 0.1) is 5.41 Å². The lowest BCUT2D eigenvalue weighted by atomic mass is 9.89. The van der Waals surface area contributed by atoms with Gasteiger partial charge in [0.15, 0.2) is 0 Å². The fourth-order valence-electron chi connectivity index (χ4n) is 4.90. The predicted octanol–water partition coefficient (Wildman–Crippen LogP) is 6.93. The van der Waals surface area contributed by atoms with Crippen molar-refractivity contribution in [3.63, 3.8) is 0 Å². The highest BCUT2D eigenvalue weighted by atomic mass is 16.5. The number of hydrogen-bond donors (Lipinski definition) is 1. The molecule has 0 aliphatic heterocycles. The molecule has 0 aliphatic carbocycles. The molecule has 0 aliphatic rings. The van der Waals surface area contributed by atoms with E-state index in [0.717, 1.165) is 50.1 Å². The number of nitrogens with zero attached hydrogens (tertiary/aromatic N) is 4. The molecule has 6 aromatic rings. The molecule has 41 heavy (non-hydrogen) atoms. The number of hydrogen-bond acceptors (Lipinski definition) is 5. The maximum Gasteiger partial charge on any atom is 0.309 e. The molecule has 204 valence electrons. The first-order valence-electron chi connectivity index (χ1n) is 13.6. The van der Waals surface area contributed by atoms with Crippen LogP contribution >= 0.6 is 0 Å². The molecule has 0 radical (unpaired) electrons. The van der Waals surface area contributed by atoms with Gasteiger partial charge in [-0.1, -0.05) is 54.6 Å². The number of carbonyl (C=O) groups is 1. The van der Waals surface area contributed by atoms with Gasteiger partial charge in [-0.3, -0.25) is 9.78 Å². The number of rotatable bonds is 9. The number of benzene rings is 3. The fraction of sp³-hybridized carbons (Fsp3) is 0.176. The summed E-state index contributed by atoms with van der Waals surface area (Å²) in [6.45, 7) is 4.36. The van der Waals surface area contributed by atoms with Gasteiger partial charge in [-0.15, -0.1) is 0 Å². The van der Waals surface area contributed by atoms with Gasteiger partial charge in [0, 0.05) is 36.8 Å². The Balaban J connectivity index is 1.28. The Bertz CT molecular complexity index is 1840. The minimum atomic E-state index is -0.968. The van der Waals surface area contributed by atoms with E-state index in [0.29, 0.717) is 25.3 Å². The molecule has 3 heterocycles. The van der Waals surface area contributed by atoms with E-state index < -0.39 is 11.4 Å². The first kappa shape index (κ1) is 26.2. The zero-order valence-corrected chi connectivity index (χ0v) is 23.0. The highest BCUT2D eigenvalue weighted by molar-refractivity contribution is 5.79. The molecule has 3 aromatic heterocycles. The molecule has 0 atom stereocenters. The normalized spacial score (nSPS) is 11.7. The Labute approximate surface area is 238 Å². The number of aromatic nitrogens is 4. The van der Waals surface area contributed by atoms with E-state index in [1.54, 1.807) is 20.0 Å². The van der Waals surface area contributed by atoms with E-state index in [4.69, 9.17) is 14.7 Å². The van der Waals surface area contributed by atoms with E-state index >= 15 is 0 Å². The van der Waals surface area contributed by atoms with Gasteiger partial charge in [-0.05, 0) is 60.9 Å². The molecule has 7 nitrogen and oxygen atoms in total. The van der Waals surface area contributed by atoms with Crippen molar-refractivity contribution in [1.82, 2.24) is 19.5 Å². The van der Waals surface area contributed by atoms with Crippen LogP contribution in [0.15, 0.2) is 103 Å². The third-order valence-corrected chi connectivity index (χ3v) is 7.31. The second-order valence-electron chi connectivity index (χ2n) is 10.9. The van der Waals surface area contributed by atoms with Crippen LogP contribution in [0.5, 0.6) is 5.75 Å². The maximum absolute atomic E-state index is 12.0. The lowest BCUT2D eigenvalue weighted by Crippen LogP contribution is -2.27. The number of imidazole rings is 1. The van der Waals surface area contributed by atoms with Crippen molar-refractivity contribution in [2.75, 3.05) is 0 Å². The van der Waals surface area contributed by atoms with Crippen LogP contribution in [0.4, 0.5) is 0 Å². The molecule has 0 bridgehead atoms. The Morgan fingerprint density at radius 2 is 1.71 bits per heavy atom. The summed E-state index contributed by atoms with van der Waals surface area (Å²) in [6.07, 6.45) is 3.90. The third-order valence-electron chi connectivity index (χ3n) is 7.31. The van der Waals surface area contributed by atoms with Crippen molar-refractivity contribution >= 4 is 27.9 Å². The van der Waals surface area contributed by atoms with Crippen LogP contribution in [0.1, 0.15) is 30.9 Å². The number of carboxylic acid groups (broad SMARTS) is 1. The SMILES string of the molecule is CC(C)(Cc1nc2cc(OCc3ccc4ccccc4n3)ccc2n1Cc1ccc(-c2cccnc2)cc1)C(=O)O. The summed E-state index contributed by atoms with van der Waals surface area (Å²) in [4.78, 5) is 25.8. The average molecular weight is 543 g/mol. The lowest BCUT2D eigenvalue weighted by molar-refractivity contribution is -0.146. The van der Waals surface area contributed by atoms with Gasteiger partial charge < -0.3 is 14.4 Å². The van der Waals surface area contributed by atoms with E-state index in [9.17, 15) is 9.90 Å². The Kier molecular flexibility index (Phi) is 6.93. The number of aliphatic carboxylic acids is 1. The number of fused-ring (bicyclic) bond motifs is 2. The quantitative estimate of drug-likeness (QED) is 0.213. The second kappa shape index (κ2) is 10.8. The van der Waals surface area contributed by atoms with Crippen molar-refractivity contribution in [3.8, 4) is 16.9 Å². The van der Waals surface area contributed by atoms with Gasteiger partial charge in [-0.2, -0.15) is 0 Å². The van der Waals surface area contributed by atoms with Gasteiger partial charge in [0.25, 0.3) is 0 Å². The van der Waals surface area contributed by atoms with Crippen LogP contribution < -0.4 is 4.74 Å². The van der Waals surface area contributed by atoms with E-state index in [1.807, 2.05) is 72.9 Å². The summed E-state index contributed by atoms with van der Waals surface area (Å²) >= 11 is 0. The first-order chi connectivity index (χ1) is 19.9. The van der Waals surface area contributed by atoms with Gasteiger partial charge in [0.2, 0.25) is 0 Å². The fourth-order valence-corrected chi connectivity index (χ4v) is 4.90.